The second kappa shape index (κ2) is 6.82. The zero-order valence-corrected chi connectivity index (χ0v) is 12.6. The first kappa shape index (κ1) is 16.6. The monoisotopic (exact) mass is 364 g/mol. The van der Waals surface area contributed by atoms with Crippen LogP contribution in [0.15, 0.2) is 33.6 Å². The van der Waals surface area contributed by atoms with Crippen LogP contribution in [0.5, 0.6) is 0 Å². The van der Waals surface area contributed by atoms with E-state index in [9.17, 15) is 18.0 Å². The average molecular weight is 365 g/mol. The second-order valence-electron chi connectivity index (χ2n) is 3.97. The molecular formula is C11H13BrN2O5S. The molecule has 0 saturated carbocycles. The number of aliphatic carboxylic acids is 1. The first-order valence-electron chi connectivity index (χ1n) is 5.51. The van der Waals surface area contributed by atoms with Crippen molar-refractivity contribution in [1.29, 1.82) is 0 Å². The maximum atomic E-state index is 12.0. The Morgan fingerprint density at radius 3 is 2.55 bits per heavy atom. The number of primary amides is 1. The molecule has 0 aliphatic carbocycles. The number of carbonyl (C=O) groups is 2. The lowest BCUT2D eigenvalue weighted by atomic mass is 10.2. The van der Waals surface area contributed by atoms with Gasteiger partial charge in [-0.3, -0.25) is 9.59 Å². The van der Waals surface area contributed by atoms with Crippen molar-refractivity contribution in [2.45, 2.75) is 23.8 Å². The van der Waals surface area contributed by atoms with Gasteiger partial charge >= 0.3 is 5.97 Å². The molecule has 0 fully saturated rings. The number of carbonyl (C=O) groups excluding carboxylic acids is 1. The van der Waals surface area contributed by atoms with Crippen LogP contribution < -0.4 is 10.5 Å². The number of carboxylic acid groups (broad SMARTS) is 1. The fourth-order valence-corrected chi connectivity index (χ4v) is 3.23. The van der Waals surface area contributed by atoms with Gasteiger partial charge < -0.3 is 10.8 Å². The number of benzene rings is 1. The Morgan fingerprint density at radius 1 is 1.40 bits per heavy atom. The highest BCUT2D eigenvalue weighted by Gasteiger charge is 2.25. The van der Waals surface area contributed by atoms with Crippen molar-refractivity contribution in [3.63, 3.8) is 0 Å². The minimum atomic E-state index is -3.99. The van der Waals surface area contributed by atoms with Crippen molar-refractivity contribution in [2.24, 2.45) is 5.73 Å². The number of halogens is 1. The zero-order valence-electron chi connectivity index (χ0n) is 10.2. The molecule has 0 heterocycles. The summed E-state index contributed by atoms with van der Waals surface area (Å²) in [5.74, 6) is -2.07. The van der Waals surface area contributed by atoms with E-state index in [2.05, 4.69) is 15.9 Å². The van der Waals surface area contributed by atoms with Gasteiger partial charge in [-0.25, -0.2) is 8.42 Å². The standard InChI is InChI=1S/C11H13BrN2O5S/c12-7-2-1-3-8(6-7)20(18,19)14-9(11(16)17)4-5-10(13)15/h1-3,6,9,14H,4-5H2,(H2,13,15)(H,16,17)/t9-/m0/s1. The van der Waals surface area contributed by atoms with Crippen LogP contribution in [0, 0.1) is 0 Å². The van der Waals surface area contributed by atoms with Crippen LogP contribution in [0.1, 0.15) is 12.8 Å². The zero-order chi connectivity index (χ0) is 15.3. The molecule has 0 saturated heterocycles. The van der Waals surface area contributed by atoms with E-state index in [1.807, 2.05) is 4.72 Å². The molecule has 20 heavy (non-hydrogen) atoms. The van der Waals surface area contributed by atoms with Gasteiger partial charge in [0.2, 0.25) is 15.9 Å². The number of sulfonamides is 1. The topological polar surface area (TPSA) is 127 Å². The Morgan fingerprint density at radius 2 is 2.05 bits per heavy atom. The molecule has 0 radical (unpaired) electrons. The van der Waals surface area contributed by atoms with Gasteiger partial charge in [-0.15, -0.1) is 0 Å². The molecule has 1 rings (SSSR count). The Balaban J connectivity index is 2.91. The van der Waals surface area contributed by atoms with Crippen LogP contribution >= 0.6 is 15.9 Å². The lowest BCUT2D eigenvalue weighted by Crippen LogP contribution is -2.41. The lowest BCUT2D eigenvalue weighted by Gasteiger charge is -2.14. The largest absolute Gasteiger partial charge is 0.480 e. The van der Waals surface area contributed by atoms with Crippen LogP contribution in [0.3, 0.4) is 0 Å². The summed E-state index contributed by atoms with van der Waals surface area (Å²) < 4.78 is 26.6. The predicted octanol–water partition coefficient (Wildman–Crippen LogP) is 0.446. The predicted molar refractivity (Wildman–Crippen MR) is 74.3 cm³/mol. The molecule has 0 bridgehead atoms. The maximum Gasteiger partial charge on any atom is 0.321 e. The molecule has 9 heteroatoms. The van der Waals surface area contributed by atoms with Gasteiger partial charge in [0, 0.05) is 10.9 Å². The minimum Gasteiger partial charge on any atom is -0.480 e. The molecule has 1 aromatic rings. The lowest BCUT2D eigenvalue weighted by molar-refractivity contribution is -0.139. The second-order valence-corrected chi connectivity index (χ2v) is 6.60. The highest BCUT2D eigenvalue weighted by molar-refractivity contribution is 9.10. The number of hydrogen-bond acceptors (Lipinski definition) is 4. The van der Waals surface area contributed by atoms with Gasteiger partial charge in [-0.2, -0.15) is 4.72 Å². The number of amides is 1. The molecule has 4 N–H and O–H groups in total. The molecule has 7 nitrogen and oxygen atoms in total. The molecule has 0 unspecified atom stereocenters. The van der Waals surface area contributed by atoms with E-state index in [-0.39, 0.29) is 17.7 Å². The van der Waals surface area contributed by atoms with Crippen molar-refractivity contribution in [2.75, 3.05) is 0 Å². The fourth-order valence-electron chi connectivity index (χ4n) is 1.41. The van der Waals surface area contributed by atoms with Crippen molar-refractivity contribution >= 4 is 37.8 Å². The molecule has 0 aliphatic rings. The highest BCUT2D eigenvalue weighted by atomic mass is 79.9. The van der Waals surface area contributed by atoms with Crippen LogP contribution in [0.4, 0.5) is 0 Å². The van der Waals surface area contributed by atoms with Gasteiger partial charge in [-0.05, 0) is 24.6 Å². The molecule has 110 valence electrons. The minimum absolute atomic E-state index is 0.0720. The Bertz CT molecular complexity index is 617. The Kier molecular flexibility index (Phi) is 5.66. The summed E-state index contributed by atoms with van der Waals surface area (Å²) in [6.07, 6.45) is -0.435. The van der Waals surface area contributed by atoms with E-state index >= 15 is 0 Å². The van der Waals surface area contributed by atoms with E-state index in [4.69, 9.17) is 10.8 Å². The van der Waals surface area contributed by atoms with E-state index in [0.29, 0.717) is 4.47 Å². The molecule has 1 atom stereocenters. The summed E-state index contributed by atoms with van der Waals surface area (Å²) in [7, 11) is -3.99. The van der Waals surface area contributed by atoms with Crippen LogP contribution in [0.2, 0.25) is 0 Å². The Hall–Kier alpha value is -1.45. The van der Waals surface area contributed by atoms with Crippen LogP contribution in [0.25, 0.3) is 0 Å². The van der Waals surface area contributed by atoms with Crippen molar-refractivity contribution in [3.8, 4) is 0 Å². The summed E-state index contributed by atoms with van der Waals surface area (Å²) in [6.45, 7) is 0. The summed E-state index contributed by atoms with van der Waals surface area (Å²) in [6, 6.07) is 4.42. The van der Waals surface area contributed by atoms with Crippen molar-refractivity contribution < 1.29 is 23.1 Å². The third-order valence-electron chi connectivity index (χ3n) is 2.38. The Labute approximate surface area is 124 Å². The van der Waals surface area contributed by atoms with Gasteiger partial charge in [0.25, 0.3) is 0 Å². The van der Waals surface area contributed by atoms with Crippen LogP contribution in [-0.2, 0) is 19.6 Å². The average Bonchev–Trinajstić information content (AvgIpc) is 2.34. The SMILES string of the molecule is NC(=O)CC[C@H](NS(=O)(=O)c1cccc(Br)c1)C(=O)O. The third kappa shape index (κ3) is 4.91. The molecule has 1 aromatic carbocycles. The highest BCUT2D eigenvalue weighted by Crippen LogP contribution is 2.16. The van der Waals surface area contributed by atoms with Gasteiger partial charge in [0.05, 0.1) is 4.90 Å². The summed E-state index contributed by atoms with van der Waals surface area (Å²) in [5.41, 5.74) is 4.92. The van der Waals surface area contributed by atoms with E-state index in [1.165, 1.54) is 18.2 Å². The number of rotatable bonds is 7. The van der Waals surface area contributed by atoms with Gasteiger partial charge in [-0.1, -0.05) is 22.0 Å². The number of hydrogen-bond donors (Lipinski definition) is 3. The summed E-state index contributed by atoms with van der Waals surface area (Å²) in [4.78, 5) is 21.6. The normalized spacial score (nSPS) is 12.8. The van der Waals surface area contributed by atoms with E-state index in [0.717, 1.165) is 0 Å². The van der Waals surface area contributed by atoms with Crippen LogP contribution in [-0.4, -0.2) is 31.4 Å². The summed E-state index contributed by atoms with van der Waals surface area (Å²) >= 11 is 3.13. The van der Waals surface area contributed by atoms with Gasteiger partial charge in [0.15, 0.2) is 0 Å². The molecular weight excluding hydrogens is 352 g/mol. The number of carboxylic acids is 1. The quantitative estimate of drug-likeness (QED) is 0.647. The van der Waals surface area contributed by atoms with E-state index in [1.54, 1.807) is 6.07 Å². The molecule has 1 amide bonds. The number of nitrogens with one attached hydrogen (secondary N) is 1. The third-order valence-corrected chi connectivity index (χ3v) is 4.34. The first-order chi connectivity index (χ1) is 9.22. The van der Waals surface area contributed by atoms with Gasteiger partial charge in [0.1, 0.15) is 6.04 Å². The smallest absolute Gasteiger partial charge is 0.321 e. The fraction of sp³-hybridized carbons (Fsp3) is 0.273. The summed E-state index contributed by atoms with van der Waals surface area (Å²) in [5, 5.41) is 8.96. The first-order valence-corrected chi connectivity index (χ1v) is 7.79. The maximum absolute atomic E-state index is 12.0. The molecule has 0 spiro atoms. The molecule has 0 aromatic heterocycles. The number of nitrogens with two attached hydrogens (primary N) is 1. The molecule has 0 aliphatic heterocycles. The van der Waals surface area contributed by atoms with Crippen molar-refractivity contribution in [1.82, 2.24) is 4.72 Å². The van der Waals surface area contributed by atoms with Crippen molar-refractivity contribution in [3.05, 3.63) is 28.7 Å². The van der Waals surface area contributed by atoms with E-state index < -0.39 is 27.9 Å².